The number of halogens is 2. The molecule has 0 bridgehead atoms. The van der Waals surface area contributed by atoms with Crippen LogP contribution in [0.4, 0.5) is 8.78 Å². The molecule has 3 aromatic rings. The predicted octanol–water partition coefficient (Wildman–Crippen LogP) is 2.29. The van der Waals surface area contributed by atoms with E-state index >= 15 is 8.78 Å². The van der Waals surface area contributed by atoms with E-state index in [4.69, 9.17) is 18.9 Å². The highest BCUT2D eigenvalue weighted by molar-refractivity contribution is 7.55. The van der Waals surface area contributed by atoms with Crippen LogP contribution in [0.25, 0.3) is 0 Å². The minimum atomic E-state index is -6.73. The number of benzene rings is 3. The first-order valence-electron chi connectivity index (χ1n) is 12.3. The Morgan fingerprint density at radius 3 is 1.54 bits per heavy atom. The van der Waals surface area contributed by atoms with Gasteiger partial charge in [0.05, 0.1) is 25.9 Å². The largest absolute Gasteiger partial charge is 0.683 e. The Kier molecular flexibility index (Phi) is 9.44. The molecule has 1 aliphatic rings. The lowest BCUT2D eigenvalue weighted by atomic mass is 9.92. The van der Waals surface area contributed by atoms with Gasteiger partial charge in [-0.1, -0.05) is 98.9 Å². The minimum absolute atomic E-state index is 0.0340. The van der Waals surface area contributed by atoms with Crippen LogP contribution < -0.4 is 14.7 Å². The van der Waals surface area contributed by atoms with Gasteiger partial charge in [-0.3, -0.25) is 0 Å². The van der Waals surface area contributed by atoms with Gasteiger partial charge in [0.15, 0.2) is 6.10 Å². The molecule has 0 spiro atoms. The maximum absolute atomic E-state index is 15.2. The lowest BCUT2D eigenvalue weighted by Gasteiger charge is -2.57. The van der Waals surface area contributed by atoms with Crippen molar-refractivity contribution < 1.29 is 47.5 Å². The number of alkyl halides is 2. The van der Waals surface area contributed by atoms with Crippen molar-refractivity contribution in [2.45, 2.75) is 62.6 Å². The summed E-state index contributed by atoms with van der Waals surface area (Å²) in [4.78, 5) is 35.2. The van der Waals surface area contributed by atoms with E-state index in [1.807, 2.05) is 6.07 Å². The summed E-state index contributed by atoms with van der Waals surface area (Å²) < 4.78 is 53.5. The fourth-order valence-corrected chi connectivity index (χ4v) is 5.00. The molecule has 1 saturated heterocycles. The van der Waals surface area contributed by atoms with Crippen molar-refractivity contribution in [2.24, 2.45) is 0 Å². The standard InChI is InChI=1S/C28H31F2O8P/c1-20-24(35-17-21-11-5-2-6-12-21)25(36-18-22-13-7-3-8-14-22)26(37-19-23-15-9-4-10-16-23)27(31,38-20)28(29,30)39(32,33)34/h2-16,20,24-26,31H,17-19H2,1H3,(H2,32,33,34)/p-2/t20-,24-,25+,26+,27-/m0/s1. The zero-order valence-electron chi connectivity index (χ0n) is 21.1. The summed E-state index contributed by atoms with van der Waals surface area (Å²) in [5, 5.41) is 11.2. The maximum Gasteiger partial charge on any atom is 0.391 e. The maximum atomic E-state index is 15.2. The van der Waals surface area contributed by atoms with Crippen molar-refractivity contribution in [2.75, 3.05) is 0 Å². The van der Waals surface area contributed by atoms with Gasteiger partial charge in [0.25, 0.3) is 5.79 Å². The van der Waals surface area contributed by atoms with E-state index in [2.05, 4.69) is 0 Å². The second-order valence-corrected chi connectivity index (χ2v) is 10.9. The number of rotatable bonds is 11. The number of aliphatic hydroxyl groups is 1. The van der Waals surface area contributed by atoms with E-state index in [1.54, 1.807) is 84.9 Å². The van der Waals surface area contributed by atoms with Gasteiger partial charge in [0.1, 0.15) is 12.2 Å². The highest BCUT2D eigenvalue weighted by atomic mass is 31.2. The van der Waals surface area contributed by atoms with Gasteiger partial charge in [-0.05, 0) is 23.6 Å². The number of hydrogen-bond donors (Lipinski definition) is 1. The monoisotopic (exact) mass is 562 g/mol. The van der Waals surface area contributed by atoms with Crippen molar-refractivity contribution in [1.82, 2.24) is 0 Å². The SMILES string of the molecule is C[C@@H]1O[C@](O)(C(F)(F)[P+]([O-])([O-])[O-])[C@H](OCc2ccccc2)[C@H](OCc2ccccc2)[C@H]1OCc1ccccc1. The van der Waals surface area contributed by atoms with Crippen LogP contribution in [0.5, 0.6) is 0 Å². The van der Waals surface area contributed by atoms with E-state index in [0.717, 1.165) is 5.56 Å². The second-order valence-electron chi connectivity index (χ2n) is 9.30. The molecule has 5 atom stereocenters. The highest BCUT2D eigenvalue weighted by Gasteiger charge is 2.71. The quantitative estimate of drug-likeness (QED) is 0.353. The number of hydrogen-bond acceptors (Lipinski definition) is 8. The third-order valence-electron chi connectivity index (χ3n) is 6.45. The zero-order chi connectivity index (χ0) is 28.1. The summed E-state index contributed by atoms with van der Waals surface area (Å²) in [5.41, 5.74) is -3.27. The fourth-order valence-electron chi connectivity index (χ4n) is 4.43. The Morgan fingerprint density at radius 2 is 1.13 bits per heavy atom. The summed E-state index contributed by atoms with van der Waals surface area (Å²) in [6.45, 7) is 0.929. The second kappa shape index (κ2) is 12.4. The Bertz CT molecular complexity index is 1170. The molecule has 39 heavy (non-hydrogen) atoms. The van der Waals surface area contributed by atoms with Crippen molar-refractivity contribution in [1.29, 1.82) is 0 Å². The Morgan fingerprint density at radius 1 is 0.744 bits per heavy atom. The molecule has 3 aromatic carbocycles. The summed E-state index contributed by atoms with van der Waals surface area (Å²) >= 11 is 0. The van der Waals surface area contributed by atoms with Crippen LogP contribution >= 0.6 is 7.94 Å². The molecular formula is C28H29F2O8P-2. The van der Waals surface area contributed by atoms with E-state index in [0.29, 0.717) is 11.1 Å². The van der Waals surface area contributed by atoms with Gasteiger partial charge in [0.2, 0.25) is 0 Å². The first-order valence-corrected chi connectivity index (χ1v) is 13.8. The third kappa shape index (κ3) is 6.69. The van der Waals surface area contributed by atoms with Gasteiger partial charge in [-0.15, -0.1) is 0 Å². The van der Waals surface area contributed by atoms with E-state index in [9.17, 15) is 19.8 Å². The van der Waals surface area contributed by atoms with Crippen LogP contribution in [0.15, 0.2) is 91.0 Å². The van der Waals surface area contributed by atoms with Gasteiger partial charge >= 0.3 is 5.66 Å². The minimum Gasteiger partial charge on any atom is -0.683 e. The Balaban J connectivity index is 1.71. The molecule has 210 valence electrons. The lowest BCUT2D eigenvalue weighted by Crippen LogP contribution is -2.74. The van der Waals surface area contributed by atoms with Crippen LogP contribution in [0.2, 0.25) is 0 Å². The summed E-state index contributed by atoms with van der Waals surface area (Å²) in [5.74, 6) is -3.87. The van der Waals surface area contributed by atoms with Crippen LogP contribution in [0.3, 0.4) is 0 Å². The first kappa shape index (κ1) is 29.6. The molecule has 0 saturated carbocycles. The van der Waals surface area contributed by atoms with Crippen molar-refractivity contribution >= 4 is 7.94 Å². The molecule has 11 heteroatoms. The van der Waals surface area contributed by atoms with Crippen LogP contribution in [0, 0.1) is 0 Å². The smallest absolute Gasteiger partial charge is 0.391 e. The molecule has 0 unspecified atom stereocenters. The van der Waals surface area contributed by atoms with Crippen molar-refractivity contribution in [3.05, 3.63) is 108 Å². The molecule has 1 fully saturated rings. The van der Waals surface area contributed by atoms with Gasteiger partial charge < -0.3 is 38.7 Å². The molecule has 4 rings (SSSR count). The Labute approximate surface area is 225 Å². The van der Waals surface area contributed by atoms with Gasteiger partial charge in [0, 0.05) is 0 Å². The van der Waals surface area contributed by atoms with Crippen LogP contribution in [-0.2, 0) is 38.8 Å². The van der Waals surface area contributed by atoms with Gasteiger partial charge in [-0.25, -0.2) is 0 Å². The average molecular weight is 563 g/mol. The molecular weight excluding hydrogens is 533 g/mol. The molecule has 0 radical (unpaired) electrons. The molecule has 8 nitrogen and oxygen atoms in total. The van der Waals surface area contributed by atoms with E-state index < -0.39 is 43.8 Å². The highest BCUT2D eigenvalue weighted by Crippen LogP contribution is 2.59. The summed E-state index contributed by atoms with van der Waals surface area (Å²) in [7, 11) is -6.73. The van der Waals surface area contributed by atoms with E-state index in [-0.39, 0.29) is 19.8 Å². The van der Waals surface area contributed by atoms with Crippen LogP contribution in [0.1, 0.15) is 23.6 Å². The normalized spacial score (nSPS) is 25.9. The Hall–Kier alpha value is -2.37. The fraction of sp³-hybridized carbons (Fsp3) is 0.357. The topological polar surface area (TPSA) is 126 Å². The average Bonchev–Trinajstić information content (AvgIpc) is 2.92. The molecule has 0 amide bonds. The molecule has 0 aromatic heterocycles. The lowest BCUT2D eigenvalue weighted by molar-refractivity contribution is -0.477. The zero-order valence-corrected chi connectivity index (χ0v) is 22.0. The summed E-state index contributed by atoms with van der Waals surface area (Å²) in [6.07, 6.45) is -6.02. The summed E-state index contributed by atoms with van der Waals surface area (Å²) in [6, 6.07) is 26.2. The molecule has 1 aliphatic heterocycles. The predicted molar refractivity (Wildman–Crippen MR) is 132 cm³/mol. The first-order chi connectivity index (χ1) is 18.5. The van der Waals surface area contributed by atoms with E-state index in [1.165, 1.54) is 6.92 Å². The molecule has 1 N–H and O–H groups in total. The van der Waals surface area contributed by atoms with Crippen LogP contribution in [-0.4, -0.2) is 41.0 Å². The van der Waals surface area contributed by atoms with Crippen molar-refractivity contribution in [3.8, 4) is 0 Å². The van der Waals surface area contributed by atoms with Crippen molar-refractivity contribution in [3.63, 3.8) is 0 Å². The number of ether oxygens (including phenoxy) is 4. The van der Waals surface area contributed by atoms with Gasteiger partial charge in [-0.2, -0.15) is 8.78 Å². The third-order valence-corrected chi connectivity index (χ3v) is 7.46. The molecule has 0 aliphatic carbocycles. The molecule has 1 heterocycles.